The van der Waals surface area contributed by atoms with E-state index in [9.17, 15) is 0 Å². The predicted octanol–water partition coefficient (Wildman–Crippen LogP) is 2.72. The van der Waals surface area contributed by atoms with Gasteiger partial charge >= 0.3 is 0 Å². The summed E-state index contributed by atoms with van der Waals surface area (Å²) in [6, 6.07) is 0.779. The van der Waals surface area contributed by atoms with Crippen molar-refractivity contribution < 1.29 is 0 Å². The smallest absolute Gasteiger partial charge is 0.170 e. The molecule has 90 valence electrons. The molecule has 0 amide bonds. The van der Waals surface area contributed by atoms with Crippen LogP contribution in [0.2, 0.25) is 0 Å². The number of hydrogen-bond donors (Lipinski definition) is 1. The van der Waals surface area contributed by atoms with Crippen molar-refractivity contribution in [2.24, 2.45) is 0 Å². The zero-order chi connectivity index (χ0) is 11.2. The van der Waals surface area contributed by atoms with E-state index in [1.807, 2.05) is 11.8 Å². The maximum absolute atomic E-state index is 4.45. The van der Waals surface area contributed by atoms with Gasteiger partial charge in [0.2, 0.25) is 0 Å². The molecular formula is C11H19N3S2. The number of thioether (sulfide) groups is 1. The Morgan fingerprint density at radius 3 is 3.19 bits per heavy atom. The second kappa shape index (κ2) is 6.57. The molecule has 0 aliphatic carbocycles. The van der Waals surface area contributed by atoms with E-state index < -0.39 is 0 Å². The zero-order valence-electron chi connectivity index (χ0n) is 9.74. The maximum atomic E-state index is 4.45. The molecule has 2 rings (SSSR count). The van der Waals surface area contributed by atoms with Crippen molar-refractivity contribution in [1.82, 2.24) is 14.7 Å². The molecule has 1 aliphatic heterocycles. The second-order valence-corrected chi connectivity index (χ2v) is 6.21. The fourth-order valence-electron chi connectivity index (χ4n) is 1.93. The van der Waals surface area contributed by atoms with Crippen molar-refractivity contribution in [1.29, 1.82) is 0 Å². The van der Waals surface area contributed by atoms with Crippen LogP contribution in [0.1, 0.15) is 38.4 Å². The average molecular weight is 257 g/mol. The standard InChI is InChI=1S/C11H19N3S2/c1-2-10-13-11(16-14-10)15-8-4-6-9-5-3-7-12-9/h9,12H,2-8H2,1H3. The quantitative estimate of drug-likeness (QED) is 0.628. The summed E-state index contributed by atoms with van der Waals surface area (Å²) >= 11 is 3.40. The van der Waals surface area contributed by atoms with E-state index >= 15 is 0 Å². The summed E-state index contributed by atoms with van der Waals surface area (Å²) in [5.41, 5.74) is 0. The third-order valence-corrected chi connectivity index (χ3v) is 4.81. The van der Waals surface area contributed by atoms with Gasteiger partial charge in [-0.2, -0.15) is 4.37 Å². The number of hydrogen-bond acceptors (Lipinski definition) is 5. The van der Waals surface area contributed by atoms with E-state index in [1.54, 1.807) is 11.5 Å². The van der Waals surface area contributed by atoms with Crippen LogP contribution >= 0.6 is 23.3 Å². The minimum atomic E-state index is 0.779. The van der Waals surface area contributed by atoms with Crippen LogP contribution < -0.4 is 5.32 Å². The van der Waals surface area contributed by atoms with Gasteiger partial charge in [-0.25, -0.2) is 4.98 Å². The highest BCUT2D eigenvalue weighted by atomic mass is 32.2. The summed E-state index contributed by atoms with van der Waals surface area (Å²) in [5, 5.41) is 3.53. The van der Waals surface area contributed by atoms with E-state index in [-0.39, 0.29) is 0 Å². The normalized spacial score (nSPS) is 20.4. The van der Waals surface area contributed by atoms with Crippen LogP contribution in [0, 0.1) is 0 Å². The van der Waals surface area contributed by atoms with Crippen molar-refractivity contribution in [3.8, 4) is 0 Å². The molecule has 1 fully saturated rings. The molecule has 0 spiro atoms. The van der Waals surface area contributed by atoms with Gasteiger partial charge in [0.25, 0.3) is 0 Å². The molecule has 16 heavy (non-hydrogen) atoms. The van der Waals surface area contributed by atoms with Crippen molar-refractivity contribution in [2.45, 2.75) is 49.4 Å². The summed E-state index contributed by atoms with van der Waals surface area (Å²) in [4.78, 5) is 4.45. The Morgan fingerprint density at radius 1 is 1.56 bits per heavy atom. The van der Waals surface area contributed by atoms with E-state index in [1.165, 1.54) is 38.0 Å². The summed E-state index contributed by atoms with van der Waals surface area (Å²) < 4.78 is 5.42. The minimum Gasteiger partial charge on any atom is -0.314 e. The van der Waals surface area contributed by atoms with Gasteiger partial charge in [0.1, 0.15) is 5.82 Å². The summed E-state index contributed by atoms with van der Waals surface area (Å²) in [5.74, 6) is 2.17. The van der Waals surface area contributed by atoms with Gasteiger partial charge < -0.3 is 5.32 Å². The van der Waals surface area contributed by atoms with Crippen molar-refractivity contribution in [2.75, 3.05) is 12.3 Å². The summed E-state index contributed by atoms with van der Waals surface area (Å²) in [6.07, 6.45) is 6.26. The largest absolute Gasteiger partial charge is 0.314 e. The monoisotopic (exact) mass is 257 g/mol. The first kappa shape index (κ1) is 12.3. The van der Waals surface area contributed by atoms with Crippen LogP contribution in [-0.2, 0) is 6.42 Å². The molecule has 0 bridgehead atoms. The molecule has 0 radical (unpaired) electrons. The first-order valence-corrected chi connectivity index (χ1v) is 7.83. The molecule has 1 aliphatic rings. The van der Waals surface area contributed by atoms with E-state index in [2.05, 4.69) is 21.6 Å². The Kier molecular flexibility index (Phi) is 5.06. The highest BCUT2D eigenvalue weighted by Gasteiger charge is 2.13. The molecule has 5 heteroatoms. The fourth-order valence-corrected chi connectivity index (χ4v) is 3.66. The van der Waals surface area contributed by atoms with Crippen LogP contribution in [0.3, 0.4) is 0 Å². The molecule has 2 heterocycles. The topological polar surface area (TPSA) is 37.8 Å². The molecule has 1 unspecified atom stereocenters. The van der Waals surface area contributed by atoms with Gasteiger partial charge in [0.05, 0.1) is 0 Å². The van der Waals surface area contributed by atoms with Crippen molar-refractivity contribution in [3.63, 3.8) is 0 Å². The molecule has 3 nitrogen and oxygen atoms in total. The molecule has 1 atom stereocenters. The Balaban J connectivity index is 1.60. The summed E-state index contributed by atoms with van der Waals surface area (Å²) in [7, 11) is 0. The third-order valence-electron chi connectivity index (χ3n) is 2.85. The number of nitrogens with one attached hydrogen (secondary N) is 1. The molecule has 1 aromatic rings. The van der Waals surface area contributed by atoms with Gasteiger partial charge in [-0.1, -0.05) is 18.7 Å². The lowest BCUT2D eigenvalue weighted by Gasteiger charge is -2.08. The number of nitrogens with zero attached hydrogens (tertiary/aromatic N) is 2. The number of rotatable bonds is 6. The Hall–Kier alpha value is -0.130. The van der Waals surface area contributed by atoms with Crippen molar-refractivity contribution in [3.05, 3.63) is 5.82 Å². The summed E-state index contributed by atoms with van der Waals surface area (Å²) in [6.45, 7) is 3.32. The predicted molar refractivity (Wildman–Crippen MR) is 70.3 cm³/mol. The van der Waals surface area contributed by atoms with E-state index in [0.717, 1.165) is 22.6 Å². The van der Waals surface area contributed by atoms with Gasteiger partial charge in [-0.3, -0.25) is 0 Å². The average Bonchev–Trinajstić information content (AvgIpc) is 2.95. The van der Waals surface area contributed by atoms with E-state index in [0.29, 0.717) is 0 Å². The molecule has 0 aromatic carbocycles. The van der Waals surface area contributed by atoms with Crippen molar-refractivity contribution >= 4 is 23.3 Å². The number of aryl methyl sites for hydroxylation is 1. The van der Waals surface area contributed by atoms with Crippen LogP contribution in [0.4, 0.5) is 0 Å². The molecule has 0 saturated carbocycles. The van der Waals surface area contributed by atoms with Gasteiger partial charge in [-0.15, -0.1) is 0 Å². The lowest BCUT2D eigenvalue weighted by molar-refractivity contribution is 0.553. The Labute approximate surface area is 106 Å². The first-order chi connectivity index (χ1) is 7.88. The second-order valence-electron chi connectivity index (χ2n) is 4.11. The number of aromatic nitrogens is 2. The third kappa shape index (κ3) is 3.71. The van der Waals surface area contributed by atoms with Crippen LogP contribution in [-0.4, -0.2) is 27.7 Å². The molecular weight excluding hydrogens is 238 g/mol. The van der Waals surface area contributed by atoms with Crippen LogP contribution in [0.5, 0.6) is 0 Å². The minimum absolute atomic E-state index is 0.779. The van der Waals surface area contributed by atoms with Gasteiger partial charge in [0.15, 0.2) is 4.34 Å². The van der Waals surface area contributed by atoms with Gasteiger partial charge in [0, 0.05) is 18.2 Å². The van der Waals surface area contributed by atoms with Crippen LogP contribution in [0.15, 0.2) is 4.34 Å². The lowest BCUT2D eigenvalue weighted by Crippen LogP contribution is -2.20. The Morgan fingerprint density at radius 2 is 2.50 bits per heavy atom. The molecule has 1 saturated heterocycles. The highest BCUT2D eigenvalue weighted by molar-refractivity contribution is 8.00. The maximum Gasteiger partial charge on any atom is 0.170 e. The first-order valence-electron chi connectivity index (χ1n) is 6.07. The Bertz CT molecular complexity index is 308. The highest BCUT2D eigenvalue weighted by Crippen LogP contribution is 2.22. The van der Waals surface area contributed by atoms with E-state index in [4.69, 9.17) is 0 Å². The zero-order valence-corrected chi connectivity index (χ0v) is 11.4. The van der Waals surface area contributed by atoms with Crippen LogP contribution in [0.25, 0.3) is 0 Å². The molecule has 1 aromatic heterocycles. The van der Waals surface area contributed by atoms with Gasteiger partial charge in [-0.05, 0) is 43.8 Å². The lowest BCUT2D eigenvalue weighted by atomic mass is 10.1. The molecule has 1 N–H and O–H groups in total. The fraction of sp³-hybridized carbons (Fsp3) is 0.818. The SMILES string of the molecule is CCc1nsc(SCCCC2CCCN2)n1.